The van der Waals surface area contributed by atoms with Gasteiger partial charge in [-0.15, -0.1) is 0 Å². The number of hydrogen-bond acceptors (Lipinski definition) is 6. The first-order chi connectivity index (χ1) is 12.2. The molecule has 6 nitrogen and oxygen atoms in total. The second-order valence-corrected chi connectivity index (χ2v) is 7.42. The molecule has 0 spiro atoms. The lowest BCUT2D eigenvalue weighted by atomic mass is 10.1. The van der Waals surface area contributed by atoms with E-state index in [-0.39, 0.29) is 17.3 Å². The minimum Gasteiger partial charge on any atom is -0.316 e. The molecule has 2 amide bonds. The third-order valence-electron chi connectivity index (χ3n) is 3.87. The van der Waals surface area contributed by atoms with Gasteiger partial charge in [0.15, 0.2) is 11.4 Å². The maximum atomic E-state index is 12.5. The van der Waals surface area contributed by atoms with Gasteiger partial charge < -0.3 is 4.90 Å². The van der Waals surface area contributed by atoms with Crippen LogP contribution >= 0.6 is 23.9 Å². The number of nitrogens with zero attached hydrogens (tertiary/aromatic N) is 4. The zero-order valence-electron chi connectivity index (χ0n) is 14.1. The van der Waals surface area contributed by atoms with Crippen LogP contribution in [0.15, 0.2) is 46.9 Å². The first-order valence-electron chi connectivity index (χ1n) is 8.15. The molecule has 1 saturated heterocycles. The summed E-state index contributed by atoms with van der Waals surface area (Å²) in [4.78, 5) is 31.6. The molecule has 0 saturated carbocycles. The molecule has 8 heteroatoms. The number of carbonyl (C=O) groups is 2. The van der Waals surface area contributed by atoms with E-state index in [4.69, 9.17) is 0 Å². The van der Waals surface area contributed by atoms with E-state index in [1.165, 1.54) is 18.3 Å². The van der Waals surface area contributed by atoms with Gasteiger partial charge in [-0.25, -0.2) is 0 Å². The van der Waals surface area contributed by atoms with Gasteiger partial charge in [0.05, 0.1) is 12.1 Å². The average Bonchev–Trinajstić information content (AvgIpc) is 3.11. The van der Waals surface area contributed by atoms with Crippen molar-refractivity contribution in [3.05, 3.63) is 41.9 Å². The summed E-state index contributed by atoms with van der Waals surface area (Å²) in [5, 5.41) is 1.96. The lowest BCUT2D eigenvalue weighted by molar-refractivity contribution is -0.140. The number of aliphatic imine (C=N–C) groups is 1. The van der Waals surface area contributed by atoms with Gasteiger partial charge in [0.1, 0.15) is 0 Å². The van der Waals surface area contributed by atoms with Crippen LogP contribution in [0.4, 0.5) is 5.69 Å². The quantitative estimate of drug-likeness (QED) is 0.449. The van der Waals surface area contributed by atoms with Crippen LogP contribution in [0.3, 0.4) is 0 Å². The lowest BCUT2D eigenvalue weighted by Gasteiger charge is -2.35. The summed E-state index contributed by atoms with van der Waals surface area (Å²) in [5.74, 6) is -1.25. The Bertz CT molecular complexity index is 673. The predicted molar refractivity (Wildman–Crippen MR) is 104 cm³/mol. The number of carbonyl (C=O) groups excluding carboxylic acids is 2. The highest BCUT2D eigenvalue weighted by molar-refractivity contribution is 8.03. The highest BCUT2D eigenvalue weighted by Gasteiger charge is 2.39. The van der Waals surface area contributed by atoms with Gasteiger partial charge >= 0.3 is 0 Å². The van der Waals surface area contributed by atoms with Gasteiger partial charge in [-0.05, 0) is 31.4 Å². The summed E-state index contributed by atoms with van der Waals surface area (Å²) in [7, 11) is 0. The molecule has 1 atom stereocenters. The first kappa shape index (κ1) is 17.9. The Labute approximate surface area is 156 Å². The van der Waals surface area contributed by atoms with E-state index in [2.05, 4.69) is 4.99 Å². The molecule has 3 rings (SSSR count). The van der Waals surface area contributed by atoms with Crippen LogP contribution in [0, 0.1) is 5.92 Å². The number of rotatable bonds is 5. The molecule has 1 aromatic rings. The van der Waals surface area contributed by atoms with Gasteiger partial charge in [0.25, 0.3) is 11.8 Å². The number of benzene rings is 1. The second kappa shape index (κ2) is 7.97. The maximum Gasteiger partial charge on any atom is 0.251 e. The van der Waals surface area contributed by atoms with Crippen LogP contribution in [0.5, 0.6) is 0 Å². The van der Waals surface area contributed by atoms with Crippen molar-refractivity contribution in [3.8, 4) is 0 Å². The van der Waals surface area contributed by atoms with E-state index < -0.39 is 5.92 Å². The molecule has 0 bridgehead atoms. The van der Waals surface area contributed by atoms with Crippen molar-refractivity contribution in [1.82, 2.24) is 8.61 Å². The number of amides is 2. The Balaban J connectivity index is 1.77. The molecule has 0 aliphatic carbocycles. The third kappa shape index (κ3) is 3.69. The summed E-state index contributed by atoms with van der Waals surface area (Å²) in [6, 6.07) is 9.91. The molecule has 2 aliphatic heterocycles. The molecular weight excluding hydrogens is 356 g/mol. The monoisotopic (exact) mass is 376 g/mol. The Morgan fingerprint density at radius 1 is 1.08 bits per heavy atom. The zero-order chi connectivity index (χ0) is 17.8. The van der Waals surface area contributed by atoms with Crippen molar-refractivity contribution < 1.29 is 9.59 Å². The lowest BCUT2D eigenvalue weighted by Crippen LogP contribution is -2.49. The van der Waals surface area contributed by atoms with E-state index >= 15 is 0 Å². The van der Waals surface area contributed by atoms with Gasteiger partial charge in [0, 0.05) is 31.2 Å². The molecule has 2 heterocycles. The van der Waals surface area contributed by atoms with Crippen molar-refractivity contribution in [1.29, 1.82) is 0 Å². The molecule has 132 valence electrons. The Morgan fingerprint density at radius 3 is 2.32 bits per heavy atom. The largest absolute Gasteiger partial charge is 0.316 e. The smallest absolute Gasteiger partial charge is 0.251 e. The summed E-state index contributed by atoms with van der Waals surface area (Å²) < 4.78 is 3.22. The zero-order valence-corrected chi connectivity index (χ0v) is 15.7. The van der Waals surface area contributed by atoms with Gasteiger partial charge in [-0.2, -0.15) is 0 Å². The third-order valence-corrected chi connectivity index (χ3v) is 6.01. The summed E-state index contributed by atoms with van der Waals surface area (Å²) >= 11 is 2.73. The van der Waals surface area contributed by atoms with Crippen LogP contribution in [-0.4, -0.2) is 45.2 Å². The topological polar surface area (TPSA) is 56.2 Å². The Morgan fingerprint density at radius 2 is 1.72 bits per heavy atom. The van der Waals surface area contributed by atoms with E-state index in [1.807, 2.05) is 60.7 Å². The molecule has 0 N–H and O–H groups in total. The van der Waals surface area contributed by atoms with Crippen LogP contribution < -0.4 is 4.90 Å². The number of anilines is 1. The van der Waals surface area contributed by atoms with Crippen molar-refractivity contribution in [3.63, 3.8) is 0 Å². The van der Waals surface area contributed by atoms with Gasteiger partial charge in [0.2, 0.25) is 0 Å². The summed E-state index contributed by atoms with van der Waals surface area (Å²) in [6.45, 7) is 4.90. The first-order valence-corrected chi connectivity index (χ1v) is 9.82. The minimum absolute atomic E-state index is 0.201. The van der Waals surface area contributed by atoms with E-state index in [0.29, 0.717) is 13.1 Å². The van der Waals surface area contributed by atoms with E-state index in [1.54, 1.807) is 20.4 Å². The molecule has 1 fully saturated rings. The van der Waals surface area contributed by atoms with E-state index in [9.17, 15) is 9.59 Å². The number of hydrogen-bond donors (Lipinski definition) is 0. The van der Waals surface area contributed by atoms with Crippen LogP contribution in [0.2, 0.25) is 0 Å². The van der Waals surface area contributed by atoms with Crippen LogP contribution in [0.1, 0.15) is 13.8 Å². The van der Waals surface area contributed by atoms with Crippen LogP contribution in [0.25, 0.3) is 0 Å². The fourth-order valence-corrected chi connectivity index (χ4v) is 4.22. The fourth-order valence-electron chi connectivity index (χ4n) is 2.56. The minimum atomic E-state index is -0.847. The predicted octanol–water partition coefficient (Wildman–Crippen LogP) is 2.96. The average molecular weight is 377 g/mol. The van der Waals surface area contributed by atoms with Crippen molar-refractivity contribution in [2.75, 3.05) is 18.0 Å². The summed E-state index contributed by atoms with van der Waals surface area (Å²) in [5.41, 5.74) is 0.816. The fraction of sp³-hybridized carbons (Fsp3) is 0.353. The van der Waals surface area contributed by atoms with Crippen molar-refractivity contribution in [2.45, 2.75) is 19.3 Å². The normalized spacial score (nSPS) is 21.8. The summed E-state index contributed by atoms with van der Waals surface area (Å²) in [6.07, 6.45) is 3.47. The Hall–Kier alpha value is -1.93. The van der Waals surface area contributed by atoms with Crippen molar-refractivity contribution >= 4 is 47.6 Å². The SMILES string of the molecule is CCN1SN(CC)C(=O)C(C=NC2SC=CN2c2ccccc2)C1=O. The van der Waals surface area contributed by atoms with Gasteiger partial charge in [-0.1, -0.05) is 30.0 Å². The number of para-hydroxylation sites is 1. The number of thioether (sulfide) groups is 1. The molecule has 0 radical (unpaired) electrons. The molecule has 1 aromatic carbocycles. The van der Waals surface area contributed by atoms with Crippen molar-refractivity contribution in [2.24, 2.45) is 10.9 Å². The Kier molecular flexibility index (Phi) is 5.70. The van der Waals surface area contributed by atoms with Gasteiger partial charge in [-0.3, -0.25) is 23.2 Å². The molecule has 25 heavy (non-hydrogen) atoms. The molecule has 2 aliphatic rings. The standard InChI is InChI=1S/C17H20N4O2S2/c1-3-20-15(22)14(16(23)21(4-2)25-20)12-18-17-19(10-11-24-17)13-8-6-5-7-9-13/h5-12,14,17H,3-4H2,1-2H3. The highest BCUT2D eigenvalue weighted by atomic mass is 32.2. The molecule has 1 unspecified atom stereocenters. The van der Waals surface area contributed by atoms with Crippen LogP contribution in [-0.2, 0) is 9.59 Å². The van der Waals surface area contributed by atoms with E-state index in [0.717, 1.165) is 5.69 Å². The second-order valence-electron chi connectivity index (χ2n) is 5.41. The molecule has 0 aromatic heterocycles. The maximum absolute atomic E-state index is 12.5. The molecular formula is C17H20N4O2S2. The highest BCUT2D eigenvalue weighted by Crippen LogP contribution is 2.32.